The summed E-state index contributed by atoms with van der Waals surface area (Å²) in [5.41, 5.74) is 0.619. The van der Waals surface area contributed by atoms with Crippen LogP contribution in [0.3, 0.4) is 0 Å². The molecular weight excluding hydrogens is 224 g/mol. The Morgan fingerprint density at radius 1 is 1.25 bits per heavy atom. The fraction of sp³-hybridized carbons (Fsp3) is 0.545. The van der Waals surface area contributed by atoms with Crippen LogP contribution in [-0.4, -0.2) is 31.8 Å². The Kier molecular flexibility index (Phi) is 3.40. The summed E-state index contributed by atoms with van der Waals surface area (Å²) in [6, 6.07) is 3.15. The maximum absolute atomic E-state index is 11.9. The minimum atomic E-state index is -3.37. The molecule has 0 saturated heterocycles. The van der Waals surface area contributed by atoms with Gasteiger partial charge in [-0.25, -0.2) is 12.7 Å². The molecule has 0 aromatic carbocycles. The van der Waals surface area contributed by atoms with Gasteiger partial charge in [0.05, 0.1) is 4.90 Å². The van der Waals surface area contributed by atoms with Crippen molar-refractivity contribution >= 4 is 10.0 Å². The van der Waals surface area contributed by atoms with E-state index < -0.39 is 10.0 Å². The van der Waals surface area contributed by atoms with Crippen molar-refractivity contribution in [1.29, 1.82) is 0 Å². The van der Waals surface area contributed by atoms with Gasteiger partial charge in [-0.1, -0.05) is 20.8 Å². The Balaban J connectivity index is 3.30. The van der Waals surface area contributed by atoms with E-state index in [4.69, 9.17) is 0 Å². The van der Waals surface area contributed by atoms with E-state index in [0.29, 0.717) is 0 Å². The van der Waals surface area contributed by atoms with Crippen molar-refractivity contribution in [3.63, 3.8) is 0 Å². The number of hydrogen-bond acceptors (Lipinski definition) is 3. The molecule has 90 valence electrons. The number of pyridine rings is 1. The average Bonchev–Trinajstić information content (AvgIpc) is 2.16. The highest BCUT2D eigenvalue weighted by Gasteiger charge is 2.21. The summed E-state index contributed by atoms with van der Waals surface area (Å²) in [4.78, 5) is 4.49. The molecule has 1 aromatic rings. The smallest absolute Gasteiger partial charge is 0.242 e. The highest BCUT2D eigenvalue weighted by molar-refractivity contribution is 7.89. The number of nitrogens with zero attached hydrogens (tertiary/aromatic N) is 2. The van der Waals surface area contributed by atoms with Crippen LogP contribution >= 0.6 is 0 Å². The van der Waals surface area contributed by atoms with Crippen LogP contribution < -0.4 is 0 Å². The minimum Gasteiger partial charge on any atom is -0.261 e. The van der Waals surface area contributed by atoms with Crippen molar-refractivity contribution in [3.8, 4) is 0 Å². The molecule has 4 nitrogen and oxygen atoms in total. The van der Waals surface area contributed by atoms with Crippen LogP contribution in [-0.2, 0) is 15.4 Å². The molecule has 0 aliphatic rings. The zero-order valence-corrected chi connectivity index (χ0v) is 11.2. The van der Waals surface area contributed by atoms with Gasteiger partial charge in [-0.2, -0.15) is 0 Å². The Hall–Kier alpha value is -0.940. The second-order valence-corrected chi connectivity index (χ2v) is 7.07. The molecule has 0 bridgehead atoms. The molecule has 0 saturated carbocycles. The first-order valence-corrected chi connectivity index (χ1v) is 6.49. The zero-order chi connectivity index (χ0) is 12.6. The van der Waals surface area contributed by atoms with Gasteiger partial charge in [0.1, 0.15) is 0 Å². The predicted molar refractivity (Wildman–Crippen MR) is 63.8 cm³/mol. The van der Waals surface area contributed by atoms with E-state index in [-0.39, 0.29) is 10.3 Å². The molecule has 0 fully saturated rings. The quantitative estimate of drug-likeness (QED) is 0.792. The molecule has 16 heavy (non-hydrogen) atoms. The molecule has 1 aromatic heterocycles. The van der Waals surface area contributed by atoms with Crippen molar-refractivity contribution in [2.75, 3.05) is 14.1 Å². The van der Waals surface area contributed by atoms with Gasteiger partial charge in [0.15, 0.2) is 0 Å². The molecule has 0 amide bonds. The normalized spacial score (nSPS) is 13.1. The lowest BCUT2D eigenvalue weighted by molar-refractivity contribution is 0.518. The van der Waals surface area contributed by atoms with Gasteiger partial charge in [-0.05, 0) is 12.1 Å². The van der Waals surface area contributed by atoms with Gasteiger partial charge >= 0.3 is 0 Å². The van der Waals surface area contributed by atoms with Crippen LogP contribution in [0.1, 0.15) is 26.5 Å². The van der Waals surface area contributed by atoms with Crippen molar-refractivity contribution in [2.45, 2.75) is 31.1 Å². The van der Waals surface area contributed by atoms with Crippen LogP contribution in [0.5, 0.6) is 0 Å². The topological polar surface area (TPSA) is 50.3 Å². The van der Waals surface area contributed by atoms with E-state index in [9.17, 15) is 8.42 Å². The molecule has 0 atom stereocenters. The van der Waals surface area contributed by atoms with Crippen LogP contribution in [0.25, 0.3) is 0 Å². The fourth-order valence-electron chi connectivity index (χ4n) is 1.19. The van der Waals surface area contributed by atoms with E-state index in [1.165, 1.54) is 30.7 Å². The molecule has 5 heteroatoms. The van der Waals surface area contributed by atoms with E-state index in [1.54, 1.807) is 6.07 Å². The predicted octanol–water partition coefficient (Wildman–Crippen LogP) is 1.63. The molecule has 0 unspecified atom stereocenters. The lowest BCUT2D eigenvalue weighted by atomic mass is 9.92. The van der Waals surface area contributed by atoms with Gasteiger partial charge < -0.3 is 0 Å². The van der Waals surface area contributed by atoms with Crippen molar-refractivity contribution < 1.29 is 8.42 Å². The summed E-state index contributed by atoms with van der Waals surface area (Å²) in [6.45, 7) is 6.00. The summed E-state index contributed by atoms with van der Waals surface area (Å²) in [6.07, 6.45) is 1.54. The third kappa shape index (κ3) is 2.59. The molecule has 0 aliphatic carbocycles. The van der Waals surface area contributed by atoms with E-state index in [1.807, 2.05) is 20.8 Å². The van der Waals surface area contributed by atoms with E-state index in [0.717, 1.165) is 5.69 Å². The molecular formula is C11H18N2O2S. The van der Waals surface area contributed by atoms with Crippen LogP contribution in [0.15, 0.2) is 23.2 Å². The number of rotatable bonds is 2. The first-order chi connectivity index (χ1) is 7.15. The highest BCUT2D eigenvalue weighted by Crippen LogP contribution is 2.22. The summed E-state index contributed by atoms with van der Waals surface area (Å²) < 4.78 is 25.0. The molecule has 1 rings (SSSR count). The Morgan fingerprint density at radius 2 is 1.81 bits per heavy atom. The second-order valence-electron chi connectivity index (χ2n) is 4.91. The maximum atomic E-state index is 11.9. The standard InChI is InChI=1S/C11H18N2O2S/c1-11(2,3)10-8-9(6-7-12-10)16(14,15)13(4)5/h6-8H,1-5H3. The Labute approximate surface area is 97.4 Å². The van der Waals surface area contributed by atoms with Crippen LogP contribution in [0.4, 0.5) is 0 Å². The van der Waals surface area contributed by atoms with Gasteiger partial charge in [-0.3, -0.25) is 4.98 Å². The fourth-order valence-corrected chi connectivity index (χ4v) is 2.11. The third-order valence-electron chi connectivity index (χ3n) is 2.28. The van der Waals surface area contributed by atoms with Gasteiger partial charge in [0, 0.05) is 31.4 Å². The average molecular weight is 242 g/mol. The Morgan fingerprint density at radius 3 is 2.25 bits per heavy atom. The maximum Gasteiger partial charge on any atom is 0.242 e. The number of sulfonamides is 1. The first-order valence-electron chi connectivity index (χ1n) is 5.05. The van der Waals surface area contributed by atoms with Gasteiger partial charge in [0.25, 0.3) is 0 Å². The zero-order valence-electron chi connectivity index (χ0n) is 10.4. The number of aromatic nitrogens is 1. The first kappa shape index (κ1) is 13.1. The lowest BCUT2D eigenvalue weighted by Crippen LogP contribution is -2.23. The number of hydrogen-bond donors (Lipinski definition) is 0. The largest absolute Gasteiger partial charge is 0.261 e. The monoisotopic (exact) mass is 242 g/mol. The summed E-state index contributed by atoms with van der Waals surface area (Å²) >= 11 is 0. The molecule has 0 radical (unpaired) electrons. The van der Waals surface area contributed by atoms with Crippen molar-refractivity contribution in [1.82, 2.24) is 9.29 Å². The van der Waals surface area contributed by atoms with Gasteiger partial charge in [-0.15, -0.1) is 0 Å². The van der Waals surface area contributed by atoms with E-state index in [2.05, 4.69) is 4.98 Å². The van der Waals surface area contributed by atoms with Crippen molar-refractivity contribution in [2.24, 2.45) is 0 Å². The summed E-state index contributed by atoms with van der Waals surface area (Å²) in [5, 5.41) is 0. The second kappa shape index (κ2) is 4.14. The van der Waals surface area contributed by atoms with Crippen LogP contribution in [0, 0.1) is 0 Å². The molecule has 0 aliphatic heterocycles. The highest BCUT2D eigenvalue weighted by atomic mass is 32.2. The minimum absolute atomic E-state index is 0.155. The summed E-state index contributed by atoms with van der Waals surface area (Å²) in [5.74, 6) is 0. The SMILES string of the molecule is CN(C)S(=O)(=O)c1ccnc(C(C)(C)C)c1. The van der Waals surface area contributed by atoms with E-state index >= 15 is 0 Å². The lowest BCUT2D eigenvalue weighted by Gasteiger charge is -2.19. The third-order valence-corrected chi connectivity index (χ3v) is 4.09. The molecule has 0 spiro atoms. The Bertz CT molecular complexity index is 473. The van der Waals surface area contributed by atoms with Gasteiger partial charge in [0.2, 0.25) is 10.0 Å². The molecule has 1 heterocycles. The molecule has 0 N–H and O–H groups in total. The van der Waals surface area contributed by atoms with Crippen LogP contribution in [0.2, 0.25) is 0 Å². The van der Waals surface area contributed by atoms with Crippen molar-refractivity contribution in [3.05, 3.63) is 24.0 Å². The summed E-state index contributed by atoms with van der Waals surface area (Å²) in [7, 11) is -0.326.